The van der Waals surface area contributed by atoms with Crippen molar-refractivity contribution in [1.29, 1.82) is 0 Å². The lowest BCUT2D eigenvalue weighted by Crippen LogP contribution is -2.66. The van der Waals surface area contributed by atoms with E-state index >= 15 is 0 Å². The molecule has 2 aliphatic heterocycles. The molecular formula is C19H26N4O2. The maximum absolute atomic E-state index is 13.4. The van der Waals surface area contributed by atoms with Crippen LogP contribution in [0, 0.1) is 0 Å². The fourth-order valence-electron chi connectivity index (χ4n) is 4.43. The Morgan fingerprint density at radius 1 is 1.12 bits per heavy atom. The molecule has 1 aromatic rings. The summed E-state index contributed by atoms with van der Waals surface area (Å²) in [5.41, 5.74) is 0.473. The topological polar surface area (TPSA) is 64.7 Å². The molecule has 1 saturated carbocycles. The second kappa shape index (κ2) is 6.67. The van der Waals surface area contributed by atoms with E-state index in [-0.39, 0.29) is 17.9 Å². The number of benzene rings is 1. The van der Waals surface area contributed by atoms with Gasteiger partial charge in [-0.05, 0) is 25.0 Å². The van der Waals surface area contributed by atoms with Gasteiger partial charge in [0.2, 0.25) is 11.8 Å². The smallest absolute Gasteiger partial charge is 0.248 e. The summed E-state index contributed by atoms with van der Waals surface area (Å²) in [6, 6.07) is 9.79. The molecule has 0 bridgehead atoms. The molecule has 1 aromatic carbocycles. The van der Waals surface area contributed by atoms with Crippen molar-refractivity contribution in [3.05, 3.63) is 30.3 Å². The summed E-state index contributed by atoms with van der Waals surface area (Å²) in [4.78, 5) is 29.7. The molecule has 6 heteroatoms. The normalized spacial score (nSPS) is 26.0. The molecule has 0 aromatic heterocycles. The number of para-hydroxylation sites is 1. The third-order valence-electron chi connectivity index (χ3n) is 5.80. The van der Waals surface area contributed by atoms with Crippen LogP contribution in [0.1, 0.15) is 25.7 Å². The van der Waals surface area contributed by atoms with Gasteiger partial charge >= 0.3 is 0 Å². The van der Waals surface area contributed by atoms with Crippen LogP contribution in [0.4, 0.5) is 5.69 Å². The molecule has 0 radical (unpaired) electrons. The molecule has 4 rings (SSSR count). The fraction of sp³-hybridized carbons (Fsp3) is 0.579. The van der Waals surface area contributed by atoms with Crippen molar-refractivity contribution in [3.8, 4) is 0 Å². The minimum Gasteiger partial charge on any atom is -0.371 e. The van der Waals surface area contributed by atoms with E-state index in [9.17, 15) is 9.59 Å². The largest absolute Gasteiger partial charge is 0.371 e. The zero-order valence-corrected chi connectivity index (χ0v) is 14.5. The van der Waals surface area contributed by atoms with Gasteiger partial charge in [-0.2, -0.15) is 0 Å². The number of rotatable bonds is 3. The standard InChI is InChI=1S/C19H26N4O2/c24-17-16-14-23(13-12-22(16)11-10-20-17)18(25)19(8-4-5-9-19)21-15-6-2-1-3-7-15/h1-3,6-7,16,21H,4-5,8-14H2,(H,20,24)/t16-/m1/s1. The van der Waals surface area contributed by atoms with E-state index in [0.29, 0.717) is 19.6 Å². The minimum atomic E-state index is -0.519. The van der Waals surface area contributed by atoms with Crippen LogP contribution in [-0.4, -0.2) is 65.9 Å². The van der Waals surface area contributed by atoms with Gasteiger partial charge in [0.05, 0.1) is 0 Å². The Morgan fingerprint density at radius 2 is 1.88 bits per heavy atom. The van der Waals surface area contributed by atoms with Gasteiger partial charge in [0.15, 0.2) is 0 Å². The van der Waals surface area contributed by atoms with Crippen molar-refractivity contribution in [2.45, 2.75) is 37.3 Å². The van der Waals surface area contributed by atoms with Crippen molar-refractivity contribution in [1.82, 2.24) is 15.1 Å². The molecule has 3 fully saturated rings. The molecule has 0 unspecified atom stereocenters. The second-order valence-electron chi connectivity index (χ2n) is 7.37. The number of piperazine rings is 2. The molecule has 3 aliphatic rings. The number of fused-ring (bicyclic) bond motifs is 1. The fourth-order valence-corrected chi connectivity index (χ4v) is 4.43. The van der Waals surface area contributed by atoms with E-state index in [1.54, 1.807) is 0 Å². The number of hydrogen-bond donors (Lipinski definition) is 2. The van der Waals surface area contributed by atoms with Crippen LogP contribution in [0.25, 0.3) is 0 Å². The molecule has 6 nitrogen and oxygen atoms in total. The van der Waals surface area contributed by atoms with Crippen molar-refractivity contribution >= 4 is 17.5 Å². The van der Waals surface area contributed by atoms with E-state index in [4.69, 9.17) is 0 Å². The molecule has 1 atom stereocenters. The van der Waals surface area contributed by atoms with Gasteiger partial charge in [-0.25, -0.2) is 0 Å². The Kier molecular flexibility index (Phi) is 4.37. The molecule has 2 amide bonds. The van der Waals surface area contributed by atoms with Gasteiger partial charge in [-0.1, -0.05) is 31.0 Å². The van der Waals surface area contributed by atoms with E-state index in [0.717, 1.165) is 44.5 Å². The summed E-state index contributed by atoms with van der Waals surface area (Å²) in [5, 5.41) is 6.45. The first-order valence-corrected chi connectivity index (χ1v) is 9.32. The highest BCUT2D eigenvalue weighted by molar-refractivity contribution is 5.91. The molecule has 0 spiro atoms. The van der Waals surface area contributed by atoms with E-state index in [2.05, 4.69) is 15.5 Å². The zero-order chi connectivity index (χ0) is 17.3. The summed E-state index contributed by atoms with van der Waals surface area (Å²) in [7, 11) is 0. The molecule has 1 aliphatic carbocycles. The summed E-state index contributed by atoms with van der Waals surface area (Å²) in [6.07, 6.45) is 3.85. The SMILES string of the molecule is O=C1NCCN2CCN(C(=O)C3(Nc4ccccc4)CCCC3)C[C@H]12. The Morgan fingerprint density at radius 3 is 2.64 bits per heavy atom. The van der Waals surface area contributed by atoms with Gasteiger partial charge in [0.25, 0.3) is 0 Å². The maximum Gasteiger partial charge on any atom is 0.248 e. The molecule has 134 valence electrons. The van der Waals surface area contributed by atoms with Crippen LogP contribution in [0.5, 0.6) is 0 Å². The minimum absolute atomic E-state index is 0.0558. The first kappa shape index (κ1) is 16.4. The number of hydrogen-bond acceptors (Lipinski definition) is 4. The number of nitrogens with one attached hydrogen (secondary N) is 2. The van der Waals surface area contributed by atoms with Gasteiger partial charge in [0.1, 0.15) is 11.6 Å². The Bertz CT molecular complexity index is 642. The van der Waals surface area contributed by atoms with Crippen LogP contribution in [0.15, 0.2) is 30.3 Å². The predicted octanol–water partition coefficient (Wildman–Crippen LogP) is 1.05. The zero-order valence-electron chi connectivity index (χ0n) is 14.5. The second-order valence-corrected chi connectivity index (χ2v) is 7.37. The van der Waals surface area contributed by atoms with Gasteiger partial charge in [0, 0.05) is 38.4 Å². The maximum atomic E-state index is 13.4. The quantitative estimate of drug-likeness (QED) is 0.862. The van der Waals surface area contributed by atoms with Crippen molar-refractivity contribution in [3.63, 3.8) is 0 Å². The number of nitrogens with zero attached hydrogens (tertiary/aromatic N) is 2. The third kappa shape index (κ3) is 3.11. The van der Waals surface area contributed by atoms with E-state index in [1.807, 2.05) is 35.2 Å². The number of carbonyl (C=O) groups is 2. The first-order valence-electron chi connectivity index (χ1n) is 9.32. The number of anilines is 1. The average Bonchev–Trinajstić information content (AvgIpc) is 3.12. The van der Waals surface area contributed by atoms with Crippen LogP contribution >= 0.6 is 0 Å². The Hall–Kier alpha value is -2.08. The summed E-state index contributed by atoms with van der Waals surface area (Å²) >= 11 is 0. The average molecular weight is 342 g/mol. The Labute approximate surface area is 148 Å². The molecule has 2 N–H and O–H groups in total. The van der Waals surface area contributed by atoms with E-state index in [1.165, 1.54) is 0 Å². The lowest BCUT2D eigenvalue weighted by atomic mass is 9.93. The van der Waals surface area contributed by atoms with Gasteiger partial charge < -0.3 is 15.5 Å². The summed E-state index contributed by atoms with van der Waals surface area (Å²) in [5.74, 6) is 0.215. The molecule has 2 heterocycles. The molecule has 25 heavy (non-hydrogen) atoms. The highest BCUT2D eigenvalue weighted by Crippen LogP contribution is 2.35. The predicted molar refractivity (Wildman–Crippen MR) is 96.2 cm³/mol. The number of amides is 2. The Balaban J connectivity index is 1.52. The molecular weight excluding hydrogens is 316 g/mol. The van der Waals surface area contributed by atoms with Gasteiger partial charge in [-0.3, -0.25) is 14.5 Å². The highest BCUT2D eigenvalue weighted by Gasteiger charge is 2.46. The van der Waals surface area contributed by atoms with Crippen LogP contribution in [-0.2, 0) is 9.59 Å². The number of carbonyl (C=O) groups excluding carboxylic acids is 2. The summed E-state index contributed by atoms with van der Waals surface area (Å²) in [6.45, 7) is 3.59. The van der Waals surface area contributed by atoms with Crippen molar-refractivity contribution in [2.75, 3.05) is 38.0 Å². The third-order valence-corrected chi connectivity index (χ3v) is 5.80. The van der Waals surface area contributed by atoms with Crippen LogP contribution < -0.4 is 10.6 Å². The van der Waals surface area contributed by atoms with Gasteiger partial charge in [-0.15, -0.1) is 0 Å². The summed E-state index contributed by atoms with van der Waals surface area (Å²) < 4.78 is 0. The lowest BCUT2D eigenvalue weighted by Gasteiger charge is -2.45. The highest BCUT2D eigenvalue weighted by atomic mass is 16.2. The monoisotopic (exact) mass is 342 g/mol. The van der Waals surface area contributed by atoms with E-state index < -0.39 is 5.54 Å². The molecule has 2 saturated heterocycles. The van der Waals surface area contributed by atoms with Crippen LogP contribution in [0.2, 0.25) is 0 Å². The first-order chi connectivity index (χ1) is 12.2. The van der Waals surface area contributed by atoms with Crippen molar-refractivity contribution in [2.24, 2.45) is 0 Å². The lowest BCUT2D eigenvalue weighted by molar-refractivity contribution is -0.143. The van der Waals surface area contributed by atoms with Crippen LogP contribution in [0.3, 0.4) is 0 Å². The van der Waals surface area contributed by atoms with Crippen molar-refractivity contribution < 1.29 is 9.59 Å².